The van der Waals surface area contributed by atoms with Crippen molar-refractivity contribution in [1.29, 1.82) is 0 Å². The first-order chi connectivity index (χ1) is 16.4. The molecule has 1 N–H and O–H groups in total. The zero-order chi connectivity index (χ0) is 25.4. The van der Waals surface area contributed by atoms with E-state index < -0.39 is 40.1 Å². The molecule has 194 valence electrons. The van der Waals surface area contributed by atoms with Crippen LogP contribution in [0.25, 0.3) is 0 Å². The van der Waals surface area contributed by atoms with Gasteiger partial charge in [-0.15, -0.1) is 0 Å². The second-order valence-electron chi connectivity index (χ2n) is 12.1. The summed E-state index contributed by atoms with van der Waals surface area (Å²) in [7, 11) is 0. The Morgan fingerprint density at radius 2 is 2.09 bits per heavy atom. The zero-order valence-corrected chi connectivity index (χ0v) is 21.9. The molecule has 3 saturated carbocycles. The summed E-state index contributed by atoms with van der Waals surface area (Å²) < 4.78 is 30.8. The third-order valence-electron chi connectivity index (χ3n) is 10.1. The molecule has 8 atom stereocenters. The van der Waals surface area contributed by atoms with E-state index in [9.17, 15) is 19.1 Å². The largest absolute Gasteiger partial charge is 0.390 e. The van der Waals surface area contributed by atoms with Crippen molar-refractivity contribution in [2.75, 3.05) is 19.1 Å². The number of carbonyl (C=O) groups is 2. The van der Waals surface area contributed by atoms with Gasteiger partial charge in [0.05, 0.1) is 6.10 Å². The number of thioether (sulfide) groups is 1. The number of ketones is 1. The molecule has 5 aliphatic rings. The van der Waals surface area contributed by atoms with Gasteiger partial charge in [-0.3, -0.25) is 14.4 Å². The van der Waals surface area contributed by atoms with Crippen LogP contribution in [-0.2, 0) is 14.4 Å². The topological polar surface area (TPSA) is 66.8 Å². The molecule has 0 aromatic rings. The number of aliphatic hydroxyl groups is 1. The maximum atomic E-state index is 17.3. The molecule has 0 bridgehead atoms. The summed E-state index contributed by atoms with van der Waals surface area (Å²) in [4.78, 5) is 32.2. The average molecular weight is 510 g/mol. The van der Waals surface area contributed by atoms with Crippen LogP contribution in [-0.4, -0.2) is 57.5 Å². The van der Waals surface area contributed by atoms with Crippen molar-refractivity contribution in [1.82, 2.24) is 5.06 Å². The van der Waals surface area contributed by atoms with Crippen LogP contribution in [0.1, 0.15) is 59.8 Å². The number of hydrogen-bond donors (Lipinski definition) is 1. The Balaban J connectivity index is 1.55. The average Bonchev–Trinajstić information content (AvgIpc) is 3.27. The first-order valence-electron chi connectivity index (χ1n) is 12.9. The van der Waals surface area contributed by atoms with Gasteiger partial charge in [-0.1, -0.05) is 44.2 Å². The molecule has 0 unspecified atom stereocenters. The Labute approximate surface area is 210 Å². The van der Waals surface area contributed by atoms with Gasteiger partial charge in [-0.25, -0.2) is 8.78 Å². The molecule has 0 spiro atoms. The van der Waals surface area contributed by atoms with E-state index >= 15 is 4.39 Å². The third-order valence-corrected chi connectivity index (χ3v) is 10.8. The van der Waals surface area contributed by atoms with Crippen molar-refractivity contribution in [2.45, 2.75) is 77.2 Å². The predicted molar refractivity (Wildman–Crippen MR) is 131 cm³/mol. The van der Waals surface area contributed by atoms with E-state index in [1.54, 1.807) is 13.0 Å². The van der Waals surface area contributed by atoms with Crippen LogP contribution >= 0.6 is 11.8 Å². The molecule has 0 radical (unpaired) electrons. The highest BCUT2D eigenvalue weighted by atomic mass is 32.2. The maximum Gasteiger partial charge on any atom is 0.226 e. The molecule has 1 heterocycles. The van der Waals surface area contributed by atoms with E-state index in [-0.39, 0.29) is 29.2 Å². The molecular formula is C27H37F2NO4S. The number of aliphatic hydroxyl groups excluding tert-OH is 1. The van der Waals surface area contributed by atoms with Gasteiger partial charge in [-0.2, -0.15) is 5.06 Å². The summed E-state index contributed by atoms with van der Waals surface area (Å²) in [5.41, 5.74) is -4.39. The molecule has 35 heavy (non-hydrogen) atoms. The van der Waals surface area contributed by atoms with Gasteiger partial charge in [0.1, 0.15) is 6.01 Å². The molecule has 5 nitrogen and oxygen atoms in total. The lowest BCUT2D eigenvalue weighted by Gasteiger charge is -2.62. The molecule has 0 aromatic carbocycles. The van der Waals surface area contributed by atoms with Gasteiger partial charge in [0, 0.05) is 35.8 Å². The van der Waals surface area contributed by atoms with E-state index in [4.69, 9.17) is 4.84 Å². The summed E-state index contributed by atoms with van der Waals surface area (Å²) >= 11 is 0.633. The van der Waals surface area contributed by atoms with Gasteiger partial charge >= 0.3 is 0 Å². The van der Waals surface area contributed by atoms with Crippen molar-refractivity contribution in [3.63, 3.8) is 0 Å². The van der Waals surface area contributed by atoms with E-state index in [1.807, 2.05) is 12.0 Å². The summed E-state index contributed by atoms with van der Waals surface area (Å²) in [6, 6.07) is -0.840. The van der Waals surface area contributed by atoms with Crippen LogP contribution < -0.4 is 0 Å². The molecular weight excluding hydrogens is 472 g/mol. The minimum Gasteiger partial charge on any atom is -0.390 e. The number of allylic oxidation sites excluding steroid dienone is 4. The van der Waals surface area contributed by atoms with Crippen LogP contribution in [0.2, 0.25) is 0 Å². The minimum atomic E-state index is -1.95. The van der Waals surface area contributed by atoms with Crippen molar-refractivity contribution in [2.24, 2.45) is 34.5 Å². The van der Waals surface area contributed by atoms with Crippen molar-refractivity contribution < 1.29 is 28.3 Å². The molecule has 4 aliphatic carbocycles. The monoisotopic (exact) mass is 509 g/mol. The number of fused-ring (bicyclic) bond motifs is 7. The fourth-order valence-corrected chi connectivity index (χ4v) is 9.11. The fourth-order valence-electron chi connectivity index (χ4n) is 8.36. The first-order valence-corrected chi connectivity index (χ1v) is 13.9. The number of alkyl halides is 2. The lowest BCUT2D eigenvalue weighted by Crippen LogP contribution is -2.69. The lowest BCUT2D eigenvalue weighted by molar-refractivity contribution is -0.262. The summed E-state index contributed by atoms with van der Waals surface area (Å²) in [6.07, 6.45) is 5.89. The molecule has 1 aliphatic heterocycles. The Morgan fingerprint density at radius 3 is 2.77 bits per heavy atom. The van der Waals surface area contributed by atoms with Gasteiger partial charge in [0.15, 0.2) is 17.1 Å². The van der Waals surface area contributed by atoms with Crippen molar-refractivity contribution in [3.05, 3.63) is 23.8 Å². The van der Waals surface area contributed by atoms with E-state index in [2.05, 4.69) is 13.8 Å². The summed E-state index contributed by atoms with van der Waals surface area (Å²) in [5.74, 6) is -0.540. The van der Waals surface area contributed by atoms with Gasteiger partial charge in [0.25, 0.3) is 0 Å². The zero-order valence-electron chi connectivity index (χ0n) is 21.1. The van der Waals surface area contributed by atoms with E-state index in [0.29, 0.717) is 50.0 Å². The molecule has 8 heteroatoms. The summed E-state index contributed by atoms with van der Waals surface area (Å²) in [5, 5.41) is 13.1. The summed E-state index contributed by atoms with van der Waals surface area (Å²) in [6.45, 7) is 9.24. The Kier molecular flexibility index (Phi) is 6.18. The third kappa shape index (κ3) is 3.28. The predicted octanol–water partition coefficient (Wildman–Crippen LogP) is 4.80. The second kappa shape index (κ2) is 8.47. The van der Waals surface area contributed by atoms with Gasteiger partial charge in [-0.05, 0) is 63.0 Å². The highest BCUT2D eigenvalue weighted by Crippen LogP contribution is 2.72. The Bertz CT molecular complexity index is 986. The van der Waals surface area contributed by atoms with Crippen LogP contribution in [0.5, 0.6) is 0 Å². The van der Waals surface area contributed by atoms with Crippen LogP contribution in [0, 0.1) is 34.5 Å². The number of hydroxylamine groups is 2. The highest BCUT2D eigenvalue weighted by molar-refractivity contribution is 8.13. The lowest BCUT2D eigenvalue weighted by atomic mass is 9.45. The SMILES string of the molecule is CC(C)CCN1C[C@@H]2C[C@H]3[C@@H]4CCC5=CC(=O)C=C[C@]5(C)[C@@]4(F)[C@@H](O)C[C@]3(C)[C@]2(C(=O)SCF)O1. The highest BCUT2D eigenvalue weighted by Gasteiger charge is 2.78. The smallest absolute Gasteiger partial charge is 0.226 e. The Morgan fingerprint density at radius 1 is 1.34 bits per heavy atom. The van der Waals surface area contributed by atoms with Crippen molar-refractivity contribution >= 4 is 22.7 Å². The molecule has 5 rings (SSSR count). The maximum absolute atomic E-state index is 17.3. The first kappa shape index (κ1) is 25.6. The molecule has 1 saturated heterocycles. The molecule has 4 fully saturated rings. The second-order valence-corrected chi connectivity index (χ2v) is 13.0. The number of rotatable bonds is 5. The molecule has 0 amide bonds. The van der Waals surface area contributed by atoms with Crippen LogP contribution in [0.4, 0.5) is 8.78 Å². The van der Waals surface area contributed by atoms with Gasteiger partial charge in [0.2, 0.25) is 5.12 Å². The van der Waals surface area contributed by atoms with E-state index in [1.165, 1.54) is 12.2 Å². The number of halogens is 2. The quantitative estimate of drug-likeness (QED) is 0.574. The minimum absolute atomic E-state index is 0.0580. The molecule has 0 aromatic heterocycles. The fraction of sp³-hybridized carbons (Fsp3) is 0.778. The van der Waals surface area contributed by atoms with Crippen LogP contribution in [0.15, 0.2) is 23.8 Å². The normalized spacial score (nSPS) is 46.7. The van der Waals surface area contributed by atoms with Crippen molar-refractivity contribution in [3.8, 4) is 0 Å². The Hall–Kier alpha value is -1.09. The number of nitrogens with zero attached hydrogens (tertiary/aromatic N) is 1. The standard InChI is InChI=1S/C27H37F2NO4S/c1-16(2)8-10-30-14-18-12-21-20-6-5-17-11-19(31)7-9-24(17,3)26(20,29)22(32)13-25(21,4)27(18,34-30)23(33)35-15-28/h7,9,11,16,18,20-22,32H,5-6,8,10,12-15H2,1-4H3/t18-,20-,21-,22-,24-,25-,26-,27-/m0/s1. The number of carbonyl (C=O) groups excluding carboxylic acids is 2. The van der Waals surface area contributed by atoms with E-state index in [0.717, 1.165) is 12.0 Å². The number of hydrogen-bond acceptors (Lipinski definition) is 6. The van der Waals surface area contributed by atoms with Gasteiger partial charge < -0.3 is 5.11 Å². The van der Waals surface area contributed by atoms with Crippen LogP contribution in [0.3, 0.4) is 0 Å².